The quantitative estimate of drug-likeness (QED) is 0.786. The minimum absolute atomic E-state index is 0.0133. The zero-order chi connectivity index (χ0) is 15.4. The van der Waals surface area contributed by atoms with Crippen LogP contribution in [0.4, 0.5) is 4.39 Å². The molecule has 1 aliphatic rings. The van der Waals surface area contributed by atoms with E-state index >= 15 is 0 Å². The van der Waals surface area contributed by atoms with Gasteiger partial charge in [-0.15, -0.1) is 0 Å². The lowest BCUT2D eigenvalue weighted by molar-refractivity contribution is -0.132. The molecule has 1 amide bonds. The molecule has 1 aliphatic heterocycles. The Labute approximate surface area is 122 Å². The molecule has 1 heterocycles. The second-order valence-electron chi connectivity index (χ2n) is 5.20. The molecule has 2 atom stereocenters. The van der Waals surface area contributed by atoms with Gasteiger partial charge in [0.25, 0.3) is 0 Å². The van der Waals surface area contributed by atoms with Crippen LogP contribution in [0.1, 0.15) is 29.6 Å². The Bertz CT molecular complexity index is 517. The van der Waals surface area contributed by atoms with Gasteiger partial charge < -0.3 is 15.1 Å². The van der Waals surface area contributed by atoms with E-state index in [0.29, 0.717) is 12.0 Å². The lowest BCUT2D eigenvalue weighted by Crippen LogP contribution is -2.38. The molecular weight excluding hydrogens is 277 g/mol. The molecule has 0 radical (unpaired) electrons. The predicted octanol–water partition coefficient (Wildman–Crippen LogP) is 0.743. The summed E-state index contributed by atoms with van der Waals surface area (Å²) in [5.74, 6) is -0.913. The predicted molar refractivity (Wildman–Crippen MR) is 73.2 cm³/mol. The summed E-state index contributed by atoms with van der Waals surface area (Å²) < 4.78 is 12.8. The molecule has 0 bridgehead atoms. The summed E-state index contributed by atoms with van der Waals surface area (Å²) >= 11 is 0. The normalized spacial score (nSPS) is 21.6. The average molecular weight is 295 g/mol. The van der Waals surface area contributed by atoms with E-state index in [2.05, 4.69) is 0 Å². The number of ketones is 1. The molecule has 6 heteroatoms. The number of amides is 1. The summed E-state index contributed by atoms with van der Waals surface area (Å²) in [6, 6.07) is 4.80. The lowest BCUT2D eigenvalue weighted by atomic mass is 10.1. The van der Waals surface area contributed by atoms with Crippen molar-refractivity contribution in [3.63, 3.8) is 0 Å². The first kappa shape index (κ1) is 15.6. The van der Waals surface area contributed by atoms with Crippen LogP contribution in [-0.2, 0) is 4.79 Å². The van der Waals surface area contributed by atoms with E-state index in [1.165, 1.54) is 29.2 Å². The smallest absolute Gasteiger partial charge is 0.223 e. The van der Waals surface area contributed by atoms with Crippen LogP contribution >= 0.6 is 0 Å². The van der Waals surface area contributed by atoms with Crippen molar-refractivity contribution in [1.29, 1.82) is 0 Å². The average Bonchev–Trinajstić information content (AvgIpc) is 2.86. The summed E-state index contributed by atoms with van der Waals surface area (Å²) in [5, 5.41) is 18.7. The van der Waals surface area contributed by atoms with Crippen LogP contribution in [0.2, 0.25) is 0 Å². The molecule has 0 aromatic heterocycles. The van der Waals surface area contributed by atoms with Crippen LogP contribution in [0.3, 0.4) is 0 Å². The zero-order valence-corrected chi connectivity index (χ0v) is 11.5. The Hall–Kier alpha value is -1.79. The van der Waals surface area contributed by atoms with Gasteiger partial charge in [0.15, 0.2) is 5.78 Å². The molecule has 0 saturated carbocycles. The number of hydrogen-bond donors (Lipinski definition) is 2. The number of Topliss-reactive ketones (excluding diaryl/α,β-unsaturated/α-hetero) is 1. The van der Waals surface area contributed by atoms with Gasteiger partial charge >= 0.3 is 0 Å². The summed E-state index contributed by atoms with van der Waals surface area (Å²) in [4.78, 5) is 25.4. The monoisotopic (exact) mass is 295 g/mol. The van der Waals surface area contributed by atoms with E-state index in [0.717, 1.165) is 0 Å². The van der Waals surface area contributed by atoms with Crippen LogP contribution in [0.25, 0.3) is 0 Å². The van der Waals surface area contributed by atoms with Gasteiger partial charge in [-0.05, 0) is 30.7 Å². The Morgan fingerprint density at radius 3 is 2.52 bits per heavy atom. The van der Waals surface area contributed by atoms with Crippen molar-refractivity contribution in [3.8, 4) is 0 Å². The second-order valence-corrected chi connectivity index (χ2v) is 5.20. The van der Waals surface area contributed by atoms with Crippen molar-refractivity contribution in [1.82, 2.24) is 4.90 Å². The highest BCUT2D eigenvalue weighted by Crippen LogP contribution is 2.19. The number of likely N-dealkylation sites (tertiary alicyclic amines) is 1. The molecule has 1 saturated heterocycles. The Kier molecular flexibility index (Phi) is 5.03. The van der Waals surface area contributed by atoms with Gasteiger partial charge in [-0.1, -0.05) is 0 Å². The first-order valence-electron chi connectivity index (χ1n) is 6.88. The van der Waals surface area contributed by atoms with E-state index in [9.17, 15) is 24.2 Å². The van der Waals surface area contributed by atoms with E-state index < -0.39 is 11.9 Å². The molecule has 1 aromatic rings. The minimum Gasteiger partial charge on any atom is -0.394 e. The minimum atomic E-state index is -0.626. The van der Waals surface area contributed by atoms with E-state index in [-0.39, 0.29) is 43.7 Å². The third kappa shape index (κ3) is 3.86. The highest BCUT2D eigenvalue weighted by atomic mass is 19.1. The van der Waals surface area contributed by atoms with Gasteiger partial charge in [-0.3, -0.25) is 9.59 Å². The first-order chi connectivity index (χ1) is 10.0. The van der Waals surface area contributed by atoms with Gasteiger partial charge in [0, 0.05) is 24.9 Å². The Morgan fingerprint density at radius 1 is 1.24 bits per heavy atom. The molecule has 2 N–H and O–H groups in total. The van der Waals surface area contributed by atoms with Crippen molar-refractivity contribution in [2.45, 2.75) is 31.4 Å². The number of benzene rings is 1. The van der Waals surface area contributed by atoms with Gasteiger partial charge in [-0.25, -0.2) is 4.39 Å². The van der Waals surface area contributed by atoms with Crippen LogP contribution in [0.5, 0.6) is 0 Å². The number of rotatable bonds is 5. The number of aliphatic hydroxyl groups is 2. The van der Waals surface area contributed by atoms with Gasteiger partial charge in [0.1, 0.15) is 5.82 Å². The number of halogens is 1. The molecule has 5 nitrogen and oxygen atoms in total. The van der Waals surface area contributed by atoms with E-state index in [1.54, 1.807) is 0 Å². The lowest BCUT2D eigenvalue weighted by Gasteiger charge is -2.22. The summed E-state index contributed by atoms with van der Waals surface area (Å²) in [6.07, 6.45) is -0.234. The summed E-state index contributed by atoms with van der Waals surface area (Å²) in [6.45, 7) is -0.0104. The maximum absolute atomic E-state index is 12.8. The molecule has 1 fully saturated rings. The Morgan fingerprint density at radius 2 is 1.90 bits per heavy atom. The van der Waals surface area contributed by atoms with Crippen LogP contribution in [0.15, 0.2) is 24.3 Å². The molecule has 0 aliphatic carbocycles. The Balaban J connectivity index is 1.89. The fraction of sp³-hybridized carbons (Fsp3) is 0.467. The standard InChI is InChI=1S/C15H18FNO4/c16-11-3-1-10(2-4-11)14(20)5-6-15(21)17-8-13(19)7-12(17)9-18/h1-4,12-13,18-19H,5-9H2/t12-,13-/m0/s1. The van der Waals surface area contributed by atoms with Gasteiger partial charge in [0.2, 0.25) is 5.91 Å². The molecule has 21 heavy (non-hydrogen) atoms. The third-order valence-corrected chi connectivity index (χ3v) is 3.66. The summed E-state index contributed by atoms with van der Waals surface area (Å²) in [7, 11) is 0. The van der Waals surface area contributed by atoms with Gasteiger partial charge in [-0.2, -0.15) is 0 Å². The second kappa shape index (κ2) is 6.78. The number of aliphatic hydroxyl groups excluding tert-OH is 2. The molecule has 114 valence electrons. The molecule has 1 aromatic carbocycles. The highest BCUT2D eigenvalue weighted by Gasteiger charge is 2.33. The maximum atomic E-state index is 12.8. The first-order valence-corrected chi connectivity index (χ1v) is 6.88. The highest BCUT2D eigenvalue weighted by molar-refractivity contribution is 5.97. The number of hydrogen-bond acceptors (Lipinski definition) is 4. The summed E-state index contributed by atoms with van der Waals surface area (Å²) in [5.41, 5.74) is 0.365. The van der Waals surface area contributed by atoms with E-state index in [4.69, 9.17) is 0 Å². The van der Waals surface area contributed by atoms with Crippen molar-refractivity contribution < 1.29 is 24.2 Å². The van der Waals surface area contributed by atoms with Crippen molar-refractivity contribution in [3.05, 3.63) is 35.6 Å². The van der Waals surface area contributed by atoms with Gasteiger partial charge in [0.05, 0.1) is 18.8 Å². The van der Waals surface area contributed by atoms with Crippen molar-refractivity contribution in [2.75, 3.05) is 13.2 Å². The van der Waals surface area contributed by atoms with Crippen LogP contribution in [-0.4, -0.2) is 52.1 Å². The molecular formula is C15H18FNO4. The number of β-amino-alcohol motifs (C(OH)–C–C–N with tert-alkyl or cyclic N) is 1. The van der Waals surface area contributed by atoms with E-state index in [1.807, 2.05) is 0 Å². The SMILES string of the molecule is O=C(CCC(=O)N1C[C@@H](O)C[C@H]1CO)c1ccc(F)cc1. The number of carbonyl (C=O) groups excluding carboxylic acids is 2. The fourth-order valence-corrected chi connectivity index (χ4v) is 2.51. The number of nitrogens with zero attached hydrogens (tertiary/aromatic N) is 1. The molecule has 0 unspecified atom stereocenters. The topological polar surface area (TPSA) is 77.8 Å². The van der Waals surface area contributed by atoms with Crippen LogP contribution in [0, 0.1) is 5.82 Å². The van der Waals surface area contributed by atoms with Crippen molar-refractivity contribution in [2.24, 2.45) is 0 Å². The fourth-order valence-electron chi connectivity index (χ4n) is 2.51. The number of carbonyl (C=O) groups is 2. The third-order valence-electron chi connectivity index (χ3n) is 3.66. The molecule has 0 spiro atoms. The van der Waals surface area contributed by atoms with Crippen molar-refractivity contribution >= 4 is 11.7 Å². The zero-order valence-electron chi connectivity index (χ0n) is 11.5. The van der Waals surface area contributed by atoms with Crippen LogP contribution < -0.4 is 0 Å². The largest absolute Gasteiger partial charge is 0.394 e. The molecule has 2 rings (SSSR count). The maximum Gasteiger partial charge on any atom is 0.223 e.